The average molecular weight is 461 g/mol. The fourth-order valence-electron chi connectivity index (χ4n) is 3.38. The van der Waals surface area contributed by atoms with Crippen LogP contribution in [0.1, 0.15) is 71.8 Å². The summed E-state index contributed by atoms with van der Waals surface area (Å²) in [6.45, 7) is 9.72. The van der Waals surface area contributed by atoms with Crippen LogP contribution in [0.2, 0.25) is 13.3 Å². The van der Waals surface area contributed by atoms with Gasteiger partial charge in [0.2, 0.25) is 0 Å². The summed E-state index contributed by atoms with van der Waals surface area (Å²) in [5, 5.41) is 0. The van der Waals surface area contributed by atoms with Gasteiger partial charge < -0.3 is 0 Å². The van der Waals surface area contributed by atoms with Crippen molar-refractivity contribution in [3.8, 4) is 11.8 Å². The van der Waals surface area contributed by atoms with Crippen LogP contribution in [-0.4, -0.2) is 25.0 Å². The third-order valence-corrected chi connectivity index (χ3v) is 19.0. The third-order valence-electron chi connectivity index (χ3n) is 4.93. The van der Waals surface area contributed by atoms with E-state index in [1.807, 2.05) is 18.2 Å². The van der Waals surface area contributed by atoms with Gasteiger partial charge in [-0.15, -0.1) is 0 Å². The molecule has 0 unspecified atom stereocenters. The Morgan fingerprint density at radius 2 is 1.42 bits per heavy atom. The van der Waals surface area contributed by atoms with Crippen LogP contribution in [0.3, 0.4) is 0 Å². The van der Waals surface area contributed by atoms with Crippen molar-refractivity contribution in [1.29, 1.82) is 0 Å². The van der Waals surface area contributed by atoms with Crippen LogP contribution in [0.5, 0.6) is 0 Å². The van der Waals surface area contributed by atoms with E-state index in [1.54, 1.807) is 0 Å². The van der Waals surface area contributed by atoms with Crippen molar-refractivity contribution in [2.45, 2.75) is 79.5 Å². The quantitative estimate of drug-likeness (QED) is 0.180. The Hall–Kier alpha value is -0.881. The zero-order valence-electron chi connectivity index (χ0n) is 17.4. The van der Waals surface area contributed by atoms with E-state index in [0.717, 1.165) is 11.3 Å². The molecule has 1 aromatic rings. The molecule has 0 amide bonds. The van der Waals surface area contributed by atoms with Crippen molar-refractivity contribution in [2.75, 3.05) is 6.61 Å². The summed E-state index contributed by atoms with van der Waals surface area (Å²) in [4.78, 5) is 0. The van der Waals surface area contributed by atoms with Gasteiger partial charge in [0.05, 0.1) is 0 Å². The van der Waals surface area contributed by atoms with Gasteiger partial charge in [0, 0.05) is 0 Å². The summed E-state index contributed by atoms with van der Waals surface area (Å²) in [5.41, 5.74) is 1.06. The molecular formula is C24H38OSn. The van der Waals surface area contributed by atoms with Crippen LogP contribution in [-0.2, 0) is 4.74 Å². The van der Waals surface area contributed by atoms with Gasteiger partial charge in [-0.2, -0.15) is 0 Å². The van der Waals surface area contributed by atoms with Gasteiger partial charge in [-0.3, -0.25) is 0 Å². The second-order valence-corrected chi connectivity index (χ2v) is 20.1. The fraction of sp³-hybridized carbons (Fsp3) is 0.583. The monoisotopic (exact) mass is 462 g/mol. The molecule has 0 atom stereocenters. The van der Waals surface area contributed by atoms with Crippen molar-refractivity contribution in [3.05, 3.63) is 45.7 Å². The van der Waals surface area contributed by atoms with Crippen molar-refractivity contribution in [2.24, 2.45) is 0 Å². The molecule has 0 aromatic heterocycles. The summed E-state index contributed by atoms with van der Waals surface area (Å²) in [6, 6.07) is 10.3. The van der Waals surface area contributed by atoms with Crippen LogP contribution < -0.4 is 0 Å². The van der Waals surface area contributed by atoms with Gasteiger partial charge in [-0.25, -0.2) is 0 Å². The number of hydrogen-bond acceptors (Lipinski definition) is 1. The van der Waals surface area contributed by atoms with Crippen LogP contribution in [0.25, 0.3) is 0 Å². The SMILES string of the molecule is CCC[CH2][Sn](/[CH]=C(\C#Cc1ccccc1)OCC)([CH2]CCC)[CH2]CCC. The Kier molecular flexibility index (Phi) is 12.7. The van der Waals surface area contributed by atoms with Crippen molar-refractivity contribution in [1.82, 2.24) is 0 Å². The first kappa shape index (κ1) is 23.2. The topological polar surface area (TPSA) is 9.23 Å². The number of ether oxygens (including phenoxy) is 1. The minimum absolute atomic E-state index is 0.701. The molecule has 0 aliphatic heterocycles. The first-order valence-corrected chi connectivity index (χ1v) is 18.3. The number of hydrogen-bond donors (Lipinski definition) is 0. The van der Waals surface area contributed by atoms with E-state index in [4.69, 9.17) is 4.74 Å². The molecule has 0 bridgehead atoms. The summed E-state index contributed by atoms with van der Waals surface area (Å²) in [6.07, 6.45) is 7.99. The second-order valence-electron chi connectivity index (χ2n) is 7.23. The molecule has 0 N–H and O–H groups in total. The molecule has 0 aliphatic rings. The molecule has 0 spiro atoms. The van der Waals surface area contributed by atoms with E-state index in [1.165, 1.54) is 51.8 Å². The standard InChI is InChI=1S/C12H11O.3C4H9.Sn/c1-3-13-11(2)9-10-12-7-5-4-6-8-12;3*1-3-4-2;/h2,4-8H,3H2,1H3;3*1,3-4H2,2H3;. The normalized spacial score (nSPS) is 11.8. The molecule has 0 saturated carbocycles. The molecule has 26 heavy (non-hydrogen) atoms. The predicted molar refractivity (Wildman–Crippen MR) is 118 cm³/mol. The van der Waals surface area contributed by atoms with Gasteiger partial charge >= 0.3 is 167 Å². The molecule has 144 valence electrons. The van der Waals surface area contributed by atoms with Crippen molar-refractivity contribution in [3.63, 3.8) is 0 Å². The van der Waals surface area contributed by atoms with Crippen LogP contribution in [0, 0.1) is 11.8 Å². The molecule has 0 fully saturated rings. The number of benzene rings is 1. The molecule has 1 nitrogen and oxygen atoms in total. The van der Waals surface area contributed by atoms with Crippen molar-refractivity contribution >= 4 is 18.4 Å². The van der Waals surface area contributed by atoms with E-state index in [9.17, 15) is 0 Å². The maximum atomic E-state index is 6.00. The van der Waals surface area contributed by atoms with E-state index in [2.05, 4.69) is 55.8 Å². The second kappa shape index (κ2) is 14.2. The first-order valence-electron chi connectivity index (χ1n) is 10.6. The average Bonchev–Trinajstić information content (AvgIpc) is 2.68. The molecule has 0 aliphatic carbocycles. The fourth-order valence-corrected chi connectivity index (χ4v) is 17.8. The Morgan fingerprint density at radius 3 is 1.88 bits per heavy atom. The predicted octanol–water partition coefficient (Wildman–Crippen LogP) is 7.35. The number of rotatable bonds is 12. The summed E-state index contributed by atoms with van der Waals surface area (Å²) >= 11 is -2.37. The molecule has 1 aromatic carbocycles. The third kappa shape index (κ3) is 9.17. The van der Waals surface area contributed by atoms with Crippen molar-refractivity contribution < 1.29 is 4.74 Å². The Morgan fingerprint density at radius 1 is 0.885 bits per heavy atom. The number of unbranched alkanes of at least 4 members (excludes halogenated alkanes) is 3. The molecule has 0 radical (unpaired) electrons. The van der Waals surface area contributed by atoms with Gasteiger partial charge in [-0.05, 0) is 0 Å². The van der Waals surface area contributed by atoms with Gasteiger partial charge in [0.15, 0.2) is 0 Å². The Labute approximate surface area is 166 Å². The van der Waals surface area contributed by atoms with E-state index < -0.39 is 18.4 Å². The van der Waals surface area contributed by atoms with Gasteiger partial charge in [-0.1, -0.05) is 0 Å². The van der Waals surface area contributed by atoms with Gasteiger partial charge in [0.1, 0.15) is 0 Å². The molecular weight excluding hydrogens is 423 g/mol. The van der Waals surface area contributed by atoms with Gasteiger partial charge in [0.25, 0.3) is 0 Å². The van der Waals surface area contributed by atoms with E-state index in [-0.39, 0.29) is 0 Å². The molecule has 0 heterocycles. The van der Waals surface area contributed by atoms with Crippen LogP contribution >= 0.6 is 0 Å². The summed E-state index contributed by atoms with van der Waals surface area (Å²) in [7, 11) is 0. The molecule has 0 saturated heterocycles. The summed E-state index contributed by atoms with van der Waals surface area (Å²) < 4.78 is 13.0. The Bertz CT molecular complexity index is 543. The van der Waals surface area contributed by atoms with Crippen LogP contribution in [0.4, 0.5) is 0 Å². The van der Waals surface area contributed by atoms with E-state index in [0.29, 0.717) is 6.61 Å². The summed E-state index contributed by atoms with van der Waals surface area (Å²) in [5.74, 6) is 7.63. The Balaban J connectivity index is 3.15. The zero-order chi connectivity index (χ0) is 19.1. The zero-order valence-corrected chi connectivity index (χ0v) is 20.3. The number of allylic oxidation sites excluding steroid dienone is 1. The minimum atomic E-state index is -2.37. The van der Waals surface area contributed by atoms with Crippen LogP contribution in [0.15, 0.2) is 40.2 Å². The molecule has 2 heteroatoms. The first-order chi connectivity index (χ1) is 12.7. The molecule has 1 rings (SSSR count). The van der Waals surface area contributed by atoms with E-state index >= 15 is 0 Å². The maximum absolute atomic E-state index is 6.00.